The first kappa shape index (κ1) is 16.0. The molecule has 1 atom stereocenters. The van der Waals surface area contributed by atoms with E-state index in [1.807, 2.05) is 0 Å². The summed E-state index contributed by atoms with van der Waals surface area (Å²) in [7, 11) is -0.231. The number of H-pyrrole nitrogens is 1. The Labute approximate surface area is 135 Å². The lowest BCUT2D eigenvalue weighted by atomic mass is 10.0. The Morgan fingerprint density at radius 3 is 2.74 bits per heavy atom. The van der Waals surface area contributed by atoms with Crippen LogP contribution in [0.25, 0.3) is 11.5 Å². The second-order valence-corrected chi connectivity index (χ2v) is 7.94. The van der Waals surface area contributed by atoms with Crippen molar-refractivity contribution in [1.29, 1.82) is 0 Å². The van der Waals surface area contributed by atoms with Crippen LogP contribution in [0.3, 0.4) is 0 Å². The van der Waals surface area contributed by atoms with Crippen LogP contribution in [0.4, 0.5) is 0 Å². The molecule has 0 aromatic carbocycles. The average Bonchev–Trinajstić information content (AvgIpc) is 3.19. The Bertz CT molecular complexity index is 759. The summed E-state index contributed by atoms with van der Waals surface area (Å²) < 4.78 is 27.2. The van der Waals surface area contributed by atoms with Gasteiger partial charge in [-0.25, -0.2) is 9.97 Å². The molecule has 23 heavy (non-hydrogen) atoms. The molecule has 0 aliphatic carbocycles. The predicted octanol–water partition coefficient (Wildman–Crippen LogP) is 0.537. The van der Waals surface area contributed by atoms with E-state index in [2.05, 4.69) is 19.9 Å². The van der Waals surface area contributed by atoms with Crippen molar-refractivity contribution < 1.29 is 8.42 Å². The molecule has 0 unspecified atom stereocenters. The van der Waals surface area contributed by atoms with Crippen molar-refractivity contribution in [1.82, 2.24) is 28.5 Å². The maximum atomic E-state index is 12.2. The van der Waals surface area contributed by atoms with Gasteiger partial charge in [0, 0.05) is 52.0 Å². The van der Waals surface area contributed by atoms with E-state index in [1.165, 1.54) is 8.61 Å². The van der Waals surface area contributed by atoms with E-state index in [0.717, 1.165) is 17.8 Å². The van der Waals surface area contributed by atoms with Crippen LogP contribution in [0, 0.1) is 5.92 Å². The zero-order chi connectivity index (χ0) is 16.4. The van der Waals surface area contributed by atoms with Gasteiger partial charge in [0.15, 0.2) is 5.82 Å². The molecule has 0 radical (unpaired) electrons. The monoisotopic (exact) mass is 336 g/mol. The van der Waals surface area contributed by atoms with Gasteiger partial charge in [0.05, 0.1) is 5.69 Å². The third-order valence-electron chi connectivity index (χ3n) is 4.01. The summed E-state index contributed by atoms with van der Waals surface area (Å²) in [5.74, 6) is 0.916. The molecule has 2 aromatic rings. The van der Waals surface area contributed by atoms with Crippen LogP contribution in [0.2, 0.25) is 0 Å². The standard InChI is InChI=1S/C14H20N6O2S/c1-19(2)23(21,22)20-8-3-11(10-20)9-12-13(16-5-4-15-12)14-17-6-7-18-14/h4-7,11H,3,8-10H2,1-2H3,(H,17,18)/t11-/m0/s1. The van der Waals surface area contributed by atoms with Crippen LogP contribution in [-0.4, -0.2) is 64.1 Å². The molecule has 1 fully saturated rings. The van der Waals surface area contributed by atoms with Gasteiger partial charge in [-0.15, -0.1) is 0 Å². The number of aromatic nitrogens is 4. The van der Waals surface area contributed by atoms with E-state index in [1.54, 1.807) is 38.9 Å². The lowest BCUT2D eigenvalue weighted by Crippen LogP contribution is -2.38. The van der Waals surface area contributed by atoms with Gasteiger partial charge in [-0.05, 0) is 18.8 Å². The SMILES string of the molecule is CN(C)S(=O)(=O)N1CC[C@@H](Cc2nccnc2-c2ncc[nH]2)C1. The largest absolute Gasteiger partial charge is 0.343 e. The highest BCUT2D eigenvalue weighted by Crippen LogP contribution is 2.26. The average molecular weight is 336 g/mol. The Kier molecular flexibility index (Phi) is 4.42. The summed E-state index contributed by atoms with van der Waals surface area (Å²) in [6, 6.07) is 0. The fourth-order valence-electron chi connectivity index (χ4n) is 2.79. The van der Waals surface area contributed by atoms with Gasteiger partial charge in [0.2, 0.25) is 0 Å². The van der Waals surface area contributed by atoms with Crippen molar-refractivity contribution >= 4 is 10.2 Å². The molecule has 1 saturated heterocycles. The van der Waals surface area contributed by atoms with Crippen molar-refractivity contribution in [3.63, 3.8) is 0 Å². The third-order valence-corrected chi connectivity index (χ3v) is 5.92. The quantitative estimate of drug-likeness (QED) is 0.860. The minimum atomic E-state index is -3.34. The Balaban J connectivity index is 1.75. The molecule has 1 aliphatic rings. The maximum absolute atomic E-state index is 12.2. The molecule has 3 rings (SSSR count). The normalized spacial score (nSPS) is 19.5. The third kappa shape index (κ3) is 3.26. The van der Waals surface area contributed by atoms with E-state index < -0.39 is 10.2 Å². The Hall–Kier alpha value is -1.84. The molecule has 124 valence electrons. The molecule has 2 aromatic heterocycles. The predicted molar refractivity (Wildman–Crippen MR) is 85.6 cm³/mol. The highest BCUT2D eigenvalue weighted by atomic mass is 32.2. The van der Waals surface area contributed by atoms with Crippen molar-refractivity contribution in [3.8, 4) is 11.5 Å². The summed E-state index contributed by atoms with van der Waals surface area (Å²) in [6.45, 7) is 1.05. The zero-order valence-corrected chi connectivity index (χ0v) is 14.0. The summed E-state index contributed by atoms with van der Waals surface area (Å²) in [5, 5.41) is 0. The molecule has 1 N–H and O–H groups in total. The molecule has 8 nitrogen and oxygen atoms in total. The summed E-state index contributed by atoms with van der Waals surface area (Å²) >= 11 is 0. The maximum Gasteiger partial charge on any atom is 0.281 e. The first-order valence-electron chi connectivity index (χ1n) is 7.45. The molecule has 0 bridgehead atoms. The highest BCUT2D eigenvalue weighted by molar-refractivity contribution is 7.86. The molecule has 9 heteroatoms. The Morgan fingerprint density at radius 2 is 2.04 bits per heavy atom. The number of nitrogens with zero attached hydrogens (tertiary/aromatic N) is 5. The van der Waals surface area contributed by atoms with Crippen molar-refractivity contribution in [2.45, 2.75) is 12.8 Å². The molecule has 0 amide bonds. The minimum Gasteiger partial charge on any atom is -0.343 e. The lowest BCUT2D eigenvalue weighted by Gasteiger charge is -2.20. The number of aromatic amines is 1. The molecule has 0 saturated carbocycles. The van der Waals surface area contributed by atoms with Gasteiger partial charge < -0.3 is 4.98 Å². The smallest absolute Gasteiger partial charge is 0.281 e. The Morgan fingerprint density at radius 1 is 1.26 bits per heavy atom. The first-order chi connectivity index (χ1) is 11.0. The number of hydrogen-bond donors (Lipinski definition) is 1. The van der Waals surface area contributed by atoms with Gasteiger partial charge in [-0.3, -0.25) is 4.98 Å². The molecule has 0 spiro atoms. The van der Waals surface area contributed by atoms with Gasteiger partial charge in [0.1, 0.15) is 5.69 Å². The van der Waals surface area contributed by atoms with E-state index >= 15 is 0 Å². The van der Waals surface area contributed by atoms with Crippen molar-refractivity contribution in [2.24, 2.45) is 5.92 Å². The summed E-state index contributed by atoms with van der Waals surface area (Å²) in [4.78, 5) is 16.1. The highest BCUT2D eigenvalue weighted by Gasteiger charge is 2.33. The first-order valence-corrected chi connectivity index (χ1v) is 8.85. The summed E-state index contributed by atoms with van der Waals surface area (Å²) in [5.41, 5.74) is 1.57. The number of nitrogens with one attached hydrogen (secondary N) is 1. The lowest BCUT2D eigenvalue weighted by molar-refractivity contribution is 0.409. The topological polar surface area (TPSA) is 95.1 Å². The molecule has 3 heterocycles. The molecular weight excluding hydrogens is 316 g/mol. The fraction of sp³-hybridized carbons (Fsp3) is 0.500. The summed E-state index contributed by atoms with van der Waals surface area (Å²) in [6.07, 6.45) is 8.22. The van der Waals surface area contributed by atoms with Crippen LogP contribution in [0.5, 0.6) is 0 Å². The fourth-order valence-corrected chi connectivity index (χ4v) is 3.98. The van der Waals surface area contributed by atoms with E-state index in [9.17, 15) is 8.42 Å². The molecular formula is C14H20N6O2S. The van der Waals surface area contributed by atoms with Gasteiger partial charge in [-0.1, -0.05) is 0 Å². The zero-order valence-electron chi connectivity index (χ0n) is 13.2. The minimum absolute atomic E-state index is 0.232. The van der Waals surface area contributed by atoms with Crippen LogP contribution in [0.15, 0.2) is 24.8 Å². The number of rotatable bonds is 5. The number of hydrogen-bond acceptors (Lipinski definition) is 5. The van der Waals surface area contributed by atoms with Gasteiger partial charge >= 0.3 is 0 Å². The van der Waals surface area contributed by atoms with E-state index in [4.69, 9.17) is 0 Å². The van der Waals surface area contributed by atoms with Crippen LogP contribution in [-0.2, 0) is 16.6 Å². The van der Waals surface area contributed by atoms with Crippen molar-refractivity contribution in [3.05, 3.63) is 30.5 Å². The van der Waals surface area contributed by atoms with Crippen LogP contribution in [0.1, 0.15) is 12.1 Å². The van der Waals surface area contributed by atoms with Gasteiger partial charge in [0.25, 0.3) is 10.2 Å². The van der Waals surface area contributed by atoms with Crippen LogP contribution < -0.4 is 0 Å². The van der Waals surface area contributed by atoms with Gasteiger partial charge in [-0.2, -0.15) is 17.0 Å². The van der Waals surface area contributed by atoms with E-state index in [0.29, 0.717) is 25.3 Å². The van der Waals surface area contributed by atoms with E-state index in [-0.39, 0.29) is 5.92 Å². The van der Waals surface area contributed by atoms with Crippen LogP contribution >= 0.6 is 0 Å². The molecule has 1 aliphatic heterocycles. The second-order valence-electron chi connectivity index (χ2n) is 5.80. The number of imidazole rings is 1. The second kappa shape index (κ2) is 6.34. The van der Waals surface area contributed by atoms with Crippen molar-refractivity contribution in [2.75, 3.05) is 27.2 Å².